The zero-order valence-corrected chi connectivity index (χ0v) is 16.8. The van der Waals surface area contributed by atoms with Crippen LogP contribution < -0.4 is 21.1 Å². The van der Waals surface area contributed by atoms with Crippen LogP contribution in [0.4, 0.5) is 11.4 Å². The minimum atomic E-state index is -0.515. The summed E-state index contributed by atoms with van der Waals surface area (Å²) in [4.78, 5) is 25.2. The molecule has 1 unspecified atom stereocenters. The summed E-state index contributed by atoms with van der Waals surface area (Å²) in [6.07, 6.45) is 0.734. The van der Waals surface area contributed by atoms with Crippen molar-refractivity contribution in [1.29, 1.82) is 0 Å². The zero-order valence-electron chi connectivity index (χ0n) is 16.8. The van der Waals surface area contributed by atoms with E-state index in [9.17, 15) is 9.59 Å². The average Bonchev–Trinajstić information content (AvgIpc) is 2.60. The van der Waals surface area contributed by atoms with Gasteiger partial charge in [-0.3, -0.25) is 9.59 Å². The number of nitrogens with two attached hydrogens (primary N) is 2. The van der Waals surface area contributed by atoms with Gasteiger partial charge in [0.1, 0.15) is 5.75 Å². The molecule has 1 aliphatic rings. The number of fused-ring (bicyclic) bond motifs is 1. The molecule has 4 N–H and O–H groups in total. The number of hydrogen-bond acceptors (Lipinski definition) is 4. The number of rotatable bonds is 4. The van der Waals surface area contributed by atoms with Crippen LogP contribution in [0.1, 0.15) is 45.2 Å². The molecule has 2 aromatic carbocycles. The number of ether oxygens (including phenoxy) is 1. The van der Waals surface area contributed by atoms with Crippen molar-refractivity contribution in [3.63, 3.8) is 0 Å². The molecular weight excluding hydrogens is 354 g/mol. The third-order valence-corrected chi connectivity index (χ3v) is 5.43. The molecule has 0 spiro atoms. The van der Waals surface area contributed by atoms with Gasteiger partial charge in [-0.05, 0) is 61.7 Å². The van der Waals surface area contributed by atoms with E-state index in [1.165, 1.54) is 0 Å². The van der Waals surface area contributed by atoms with Crippen LogP contribution in [0.3, 0.4) is 0 Å². The van der Waals surface area contributed by atoms with Crippen LogP contribution in [0, 0.1) is 0 Å². The first-order valence-corrected chi connectivity index (χ1v) is 9.27. The molecule has 6 heteroatoms. The van der Waals surface area contributed by atoms with Gasteiger partial charge in [0, 0.05) is 29.3 Å². The van der Waals surface area contributed by atoms with Gasteiger partial charge in [0.15, 0.2) is 6.61 Å². The lowest BCUT2D eigenvalue weighted by Gasteiger charge is -2.51. The summed E-state index contributed by atoms with van der Waals surface area (Å²) in [6, 6.07) is 13.4. The molecule has 1 atom stereocenters. The molecule has 0 fully saturated rings. The number of benzene rings is 2. The fourth-order valence-electron chi connectivity index (χ4n) is 4.48. The second-order valence-corrected chi connectivity index (χ2v) is 8.23. The lowest BCUT2D eigenvalue weighted by atomic mass is 9.65. The highest BCUT2D eigenvalue weighted by Gasteiger charge is 2.47. The van der Waals surface area contributed by atoms with E-state index in [0.717, 1.165) is 23.2 Å². The molecule has 2 amide bonds. The SMILES string of the molecule is CC(=O)N1c2ccc(N)cc2C(C)(c2ccc(OCC(N)=O)cc2)CC1(C)C. The molecule has 0 bridgehead atoms. The fourth-order valence-corrected chi connectivity index (χ4v) is 4.48. The quantitative estimate of drug-likeness (QED) is 0.796. The van der Waals surface area contributed by atoms with Gasteiger partial charge in [-0.1, -0.05) is 19.1 Å². The molecule has 6 nitrogen and oxygen atoms in total. The van der Waals surface area contributed by atoms with Crippen LogP contribution in [0.15, 0.2) is 42.5 Å². The van der Waals surface area contributed by atoms with Crippen LogP contribution in [-0.2, 0) is 15.0 Å². The third-order valence-electron chi connectivity index (χ3n) is 5.43. The predicted octanol–water partition coefficient (Wildman–Crippen LogP) is 2.97. The lowest BCUT2D eigenvalue weighted by molar-refractivity contribution is -0.120. The Balaban J connectivity index is 2.09. The molecular formula is C22H27N3O3. The molecule has 28 heavy (non-hydrogen) atoms. The van der Waals surface area contributed by atoms with E-state index in [1.54, 1.807) is 6.92 Å². The molecule has 0 aromatic heterocycles. The molecule has 0 saturated heterocycles. The summed E-state index contributed by atoms with van der Waals surface area (Å²) in [7, 11) is 0. The summed E-state index contributed by atoms with van der Waals surface area (Å²) >= 11 is 0. The Morgan fingerprint density at radius 1 is 1.11 bits per heavy atom. The van der Waals surface area contributed by atoms with Crippen LogP contribution in [0.25, 0.3) is 0 Å². The van der Waals surface area contributed by atoms with Gasteiger partial charge in [0.25, 0.3) is 5.91 Å². The summed E-state index contributed by atoms with van der Waals surface area (Å²) in [6.45, 7) is 7.77. The average molecular weight is 381 g/mol. The minimum Gasteiger partial charge on any atom is -0.484 e. The van der Waals surface area contributed by atoms with Crippen LogP contribution in [0.2, 0.25) is 0 Å². The number of carbonyl (C=O) groups is 2. The number of primary amides is 1. The van der Waals surface area contributed by atoms with Crippen molar-refractivity contribution in [3.05, 3.63) is 53.6 Å². The predicted molar refractivity (Wildman–Crippen MR) is 110 cm³/mol. The number of amides is 2. The van der Waals surface area contributed by atoms with Crippen LogP contribution >= 0.6 is 0 Å². The van der Waals surface area contributed by atoms with Crippen LogP contribution in [0.5, 0.6) is 5.75 Å². The number of carbonyl (C=O) groups excluding carboxylic acids is 2. The molecule has 148 valence electrons. The normalized spacial score (nSPS) is 20.4. The van der Waals surface area contributed by atoms with Gasteiger partial charge >= 0.3 is 0 Å². The number of nitrogen functional groups attached to an aromatic ring is 1. The maximum Gasteiger partial charge on any atom is 0.255 e. The Morgan fingerprint density at radius 2 is 1.75 bits per heavy atom. The molecule has 3 rings (SSSR count). The van der Waals surface area contributed by atoms with Crippen LogP contribution in [-0.4, -0.2) is 24.0 Å². The Labute approximate surface area is 165 Å². The van der Waals surface area contributed by atoms with Gasteiger partial charge in [-0.25, -0.2) is 0 Å². The molecule has 0 radical (unpaired) electrons. The highest BCUT2D eigenvalue weighted by Crippen LogP contribution is 2.51. The Hall–Kier alpha value is -3.02. The van der Waals surface area contributed by atoms with Crippen molar-refractivity contribution in [3.8, 4) is 5.75 Å². The monoisotopic (exact) mass is 381 g/mol. The second kappa shape index (κ2) is 6.86. The van der Waals surface area contributed by atoms with Crippen molar-refractivity contribution in [2.75, 3.05) is 17.2 Å². The smallest absolute Gasteiger partial charge is 0.255 e. The molecule has 2 aromatic rings. The number of hydrogen-bond donors (Lipinski definition) is 2. The summed E-state index contributed by atoms with van der Waals surface area (Å²) in [5, 5.41) is 0. The molecule has 0 saturated carbocycles. The standard InChI is InChI=1S/C22H27N3O3/c1-14(26)25-19-10-7-16(23)11-18(19)22(4,13-21(25,2)3)15-5-8-17(9-6-15)28-12-20(24)27/h5-11H,12-13,23H2,1-4H3,(H2,24,27). The Bertz CT molecular complexity index is 921. The van der Waals surface area contributed by atoms with Gasteiger partial charge in [-0.15, -0.1) is 0 Å². The maximum absolute atomic E-state index is 12.4. The number of anilines is 2. The highest BCUT2D eigenvalue weighted by atomic mass is 16.5. The third kappa shape index (κ3) is 3.42. The van der Waals surface area contributed by atoms with Crippen molar-refractivity contribution >= 4 is 23.2 Å². The van der Waals surface area contributed by atoms with Crippen molar-refractivity contribution in [1.82, 2.24) is 0 Å². The van der Waals surface area contributed by atoms with E-state index in [2.05, 4.69) is 20.8 Å². The number of nitrogens with zero attached hydrogens (tertiary/aromatic N) is 1. The van der Waals surface area contributed by atoms with Gasteiger partial charge in [0.2, 0.25) is 5.91 Å². The van der Waals surface area contributed by atoms with E-state index in [0.29, 0.717) is 11.4 Å². The maximum atomic E-state index is 12.4. The fraction of sp³-hybridized carbons (Fsp3) is 0.364. The first kappa shape index (κ1) is 19.7. The van der Waals surface area contributed by atoms with E-state index < -0.39 is 5.91 Å². The summed E-state index contributed by atoms with van der Waals surface area (Å²) in [5.74, 6) is 0.0754. The van der Waals surface area contributed by atoms with E-state index >= 15 is 0 Å². The Kier molecular flexibility index (Phi) is 4.83. The van der Waals surface area contributed by atoms with E-state index in [1.807, 2.05) is 47.4 Å². The van der Waals surface area contributed by atoms with Crippen molar-refractivity contribution in [2.45, 2.75) is 45.1 Å². The van der Waals surface area contributed by atoms with E-state index in [4.69, 9.17) is 16.2 Å². The first-order valence-electron chi connectivity index (χ1n) is 9.27. The molecule has 1 heterocycles. The van der Waals surface area contributed by atoms with Gasteiger partial charge < -0.3 is 21.1 Å². The van der Waals surface area contributed by atoms with Crippen molar-refractivity contribution < 1.29 is 14.3 Å². The molecule has 0 aliphatic carbocycles. The lowest BCUT2D eigenvalue weighted by Crippen LogP contribution is -2.55. The Morgan fingerprint density at radius 3 is 2.32 bits per heavy atom. The zero-order chi connectivity index (χ0) is 20.7. The van der Waals surface area contributed by atoms with E-state index in [-0.39, 0.29) is 23.5 Å². The van der Waals surface area contributed by atoms with Gasteiger partial charge in [-0.2, -0.15) is 0 Å². The largest absolute Gasteiger partial charge is 0.484 e. The minimum absolute atomic E-state index is 0.00766. The first-order chi connectivity index (χ1) is 13.0. The highest BCUT2D eigenvalue weighted by molar-refractivity contribution is 5.95. The molecule has 1 aliphatic heterocycles. The second-order valence-electron chi connectivity index (χ2n) is 8.23. The van der Waals surface area contributed by atoms with Gasteiger partial charge in [0.05, 0.1) is 0 Å². The summed E-state index contributed by atoms with van der Waals surface area (Å²) in [5.41, 5.74) is 14.2. The van der Waals surface area contributed by atoms with Crippen molar-refractivity contribution in [2.24, 2.45) is 5.73 Å². The topological polar surface area (TPSA) is 98.7 Å². The summed E-state index contributed by atoms with van der Waals surface area (Å²) < 4.78 is 5.37.